The fourth-order valence-electron chi connectivity index (χ4n) is 2.73. The number of aliphatic hydroxyl groups excluding tert-OH is 1. The van der Waals surface area contributed by atoms with E-state index in [2.05, 4.69) is 30.2 Å². The molecule has 4 rings (SSSR count). The summed E-state index contributed by atoms with van der Waals surface area (Å²) in [5.41, 5.74) is -2.88. The van der Waals surface area contributed by atoms with E-state index < -0.39 is 47.7 Å². The SMILES string of the molecule is OC1CC1N(O)c1nc(Nc2ccnc(C(F)(F)F)c2)nc(-c2cccc(C(F)(F)F)n2)n1. The second-order valence-corrected chi connectivity index (χ2v) is 6.96. The maximum Gasteiger partial charge on any atom is 0.433 e. The minimum atomic E-state index is -4.75. The van der Waals surface area contributed by atoms with Crippen LogP contribution in [-0.2, 0) is 12.4 Å². The van der Waals surface area contributed by atoms with Crippen LogP contribution in [0.1, 0.15) is 17.8 Å². The molecule has 1 aliphatic rings. The van der Waals surface area contributed by atoms with E-state index in [1.165, 1.54) is 12.1 Å². The Morgan fingerprint density at radius 2 is 1.64 bits per heavy atom. The Morgan fingerprint density at radius 1 is 0.939 bits per heavy atom. The molecule has 0 saturated heterocycles. The standard InChI is InChI=1S/C18H13F6N7O2/c19-17(20,21)12-3-1-2-9(27-12)14-28-15(30-16(29-14)31(33)10-7-11(10)32)26-8-4-5-25-13(6-8)18(22,23)24/h1-6,10-11,32-33H,7H2,(H,25,26,28,29,30). The van der Waals surface area contributed by atoms with Crippen LogP contribution in [0.4, 0.5) is 43.9 Å². The molecule has 0 bridgehead atoms. The summed E-state index contributed by atoms with van der Waals surface area (Å²) in [4.78, 5) is 18.4. The van der Waals surface area contributed by atoms with Gasteiger partial charge in [0.05, 0.1) is 12.1 Å². The second-order valence-electron chi connectivity index (χ2n) is 6.96. The Hall–Kier alpha value is -3.59. The number of aromatic nitrogens is 5. The van der Waals surface area contributed by atoms with Crippen molar-refractivity contribution in [1.82, 2.24) is 24.9 Å². The van der Waals surface area contributed by atoms with Gasteiger partial charge in [0.1, 0.15) is 17.1 Å². The summed E-state index contributed by atoms with van der Waals surface area (Å²) in [7, 11) is 0. The van der Waals surface area contributed by atoms with E-state index in [0.717, 1.165) is 18.3 Å². The third kappa shape index (κ3) is 5.09. The Morgan fingerprint density at radius 3 is 2.27 bits per heavy atom. The predicted molar refractivity (Wildman–Crippen MR) is 99.3 cm³/mol. The van der Waals surface area contributed by atoms with Gasteiger partial charge >= 0.3 is 12.4 Å². The average Bonchev–Trinajstić information content (AvgIpc) is 3.48. The van der Waals surface area contributed by atoms with Gasteiger partial charge in [-0.3, -0.25) is 10.2 Å². The molecule has 3 N–H and O–H groups in total. The summed E-state index contributed by atoms with van der Waals surface area (Å²) in [5, 5.41) is 22.8. The van der Waals surface area contributed by atoms with E-state index in [1.54, 1.807) is 0 Å². The molecule has 15 heteroatoms. The molecule has 0 radical (unpaired) electrons. The number of hydroxylamine groups is 1. The number of pyridine rings is 2. The summed E-state index contributed by atoms with van der Waals surface area (Å²) in [6.07, 6.45) is -9.28. The molecule has 3 aromatic rings. The number of aliphatic hydroxyl groups is 1. The third-order valence-electron chi connectivity index (χ3n) is 4.44. The van der Waals surface area contributed by atoms with Crippen molar-refractivity contribution in [2.45, 2.75) is 30.9 Å². The van der Waals surface area contributed by atoms with E-state index in [9.17, 15) is 36.7 Å². The largest absolute Gasteiger partial charge is 0.433 e. The van der Waals surface area contributed by atoms with Crippen LogP contribution in [0.5, 0.6) is 0 Å². The molecular formula is C18H13F6N7O2. The van der Waals surface area contributed by atoms with Crippen molar-refractivity contribution >= 4 is 17.6 Å². The highest BCUT2D eigenvalue weighted by molar-refractivity contribution is 5.59. The van der Waals surface area contributed by atoms with Crippen LogP contribution in [0.2, 0.25) is 0 Å². The van der Waals surface area contributed by atoms with Gasteiger partial charge in [0.15, 0.2) is 5.82 Å². The first kappa shape index (κ1) is 22.6. The van der Waals surface area contributed by atoms with Crippen molar-refractivity contribution in [3.05, 3.63) is 47.9 Å². The first-order valence-corrected chi connectivity index (χ1v) is 9.19. The Kier molecular flexibility index (Phi) is 5.53. The lowest BCUT2D eigenvalue weighted by Crippen LogP contribution is -2.26. The highest BCUT2D eigenvalue weighted by Crippen LogP contribution is 2.33. The number of rotatable bonds is 5. The predicted octanol–water partition coefficient (Wildman–Crippen LogP) is 3.44. The van der Waals surface area contributed by atoms with Crippen LogP contribution < -0.4 is 10.4 Å². The minimum Gasteiger partial charge on any atom is -0.391 e. The third-order valence-corrected chi connectivity index (χ3v) is 4.44. The lowest BCUT2D eigenvalue weighted by atomic mass is 10.3. The average molecular weight is 473 g/mol. The van der Waals surface area contributed by atoms with Crippen molar-refractivity contribution in [1.29, 1.82) is 0 Å². The lowest BCUT2D eigenvalue weighted by molar-refractivity contribution is -0.141. The maximum absolute atomic E-state index is 13.0. The molecule has 3 aromatic heterocycles. The summed E-state index contributed by atoms with van der Waals surface area (Å²) in [6, 6.07) is 4.08. The smallest absolute Gasteiger partial charge is 0.391 e. The topological polar surface area (TPSA) is 120 Å². The molecule has 9 nitrogen and oxygen atoms in total. The van der Waals surface area contributed by atoms with Crippen molar-refractivity contribution in [3.63, 3.8) is 0 Å². The number of alkyl halides is 6. The molecule has 174 valence electrons. The van der Waals surface area contributed by atoms with E-state index in [0.29, 0.717) is 11.1 Å². The van der Waals surface area contributed by atoms with Crippen LogP contribution in [0, 0.1) is 0 Å². The van der Waals surface area contributed by atoms with E-state index in [1.807, 2.05) is 0 Å². The minimum absolute atomic E-state index is 0.131. The molecule has 0 aromatic carbocycles. The fourth-order valence-corrected chi connectivity index (χ4v) is 2.73. The first-order valence-electron chi connectivity index (χ1n) is 9.19. The van der Waals surface area contributed by atoms with E-state index in [-0.39, 0.29) is 23.8 Å². The van der Waals surface area contributed by atoms with Crippen molar-refractivity contribution in [2.24, 2.45) is 0 Å². The Bertz CT molecular complexity index is 1170. The lowest BCUT2D eigenvalue weighted by Gasteiger charge is -2.16. The highest BCUT2D eigenvalue weighted by Gasteiger charge is 2.42. The maximum atomic E-state index is 13.0. The first-order chi connectivity index (χ1) is 15.4. The zero-order valence-electron chi connectivity index (χ0n) is 16.2. The van der Waals surface area contributed by atoms with Gasteiger partial charge in [-0.1, -0.05) is 6.07 Å². The zero-order valence-corrected chi connectivity index (χ0v) is 16.2. The number of nitrogens with zero attached hydrogens (tertiary/aromatic N) is 6. The van der Waals surface area contributed by atoms with Gasteiger partial charge in [-0.15, -0.1) is 0 Å². The van der Waals surface area contributed by atoms with Gasteiger partial charge in [0.25, 0.3) is 5.95 Å². The Balaban J connectivity index is 1.75. The van der Waals surface area contributed by atoms with Crippen LogP contribution in [0.25, 0.3) is 11.5 Å². The molecule has 0 amide bonds. The van der Waals surface area contributed by atoms with Gasteiger partial charge < -0.3 is 10.4 Å². The second kappa shape index (κ2) is 8.08. The normalized spacial score (nSPS) is 18.2. The van der Waals surface area contributed by atoms with Gasteiger partial charge in [-0.2, -0.15) is 41.3 Å². The molecule has 2 atom stereocenters. The molecule has 1 fully saturated rings. The molecule has 0 spiro atoms. The highest BCUT2D eigenvalue weighted by atomic mass is 19.4. The summed E-state index contributed by atoms with van der Waals surface area (Å²) in [5.74, 6) is -1.23. The number of hydrogen-bond acceptors (Lipinski definition) is 9. The zero-order chi connectivity index (χ0) is 24.0. The molecule has 1 aliphatic carbocycles. The molecule has 0 aliphatic heterocycles. The van der Waals surface area contributed by atoms with E-state index in [4.69, 9.17) is 0 Å². The van der Waals surface area contributed by atoms with Gasteiger partial charge in [-0.25, -0.2) is 10.0 Å². The number of halogens is 6. The van der Waals surface area contributed by atoms with Crippen molar-refractivity contribution in [3.8, 4) is 11.5 Å². The van der Waals surface area contributed by atoms with Crippen LogP contribution >= 0.6 is 0 Å². The quantitative estimate of drug-likeness (QED) is 0.378. The Labute approximate surface area is 180 Å². The summed E-state index contributed by atoms with van der Waals surface area (Å²) >= 11 is 0. The molecule has 1 saturated carbocycles. The van der Waals surface area contributed by atoms with Gasteiger partial charge in [0.2, 0.25) is 5.95 Å². The molecule has 3 heterocycles. The van der Waals surface area contributed by atoms with Crippen molar-refractivity contribution in [2.75, 3.05) is 10.4 Å². The van der Waals surface area contributed by atoms with E-state index >= 15 is 0 Å². The van der Waals surface area contributed by atoms with Crippen molar-refractivity contribution < 1.29 is 36.7 Å². The molecule has 33 heavy (non-hydrogen) atoms. The van der Waals surface area contributed by atoms with Crippen LogP contribution in [0.15, 0.2) is 36.5 Å². The number of nitrogens with one attached hydrogen (secondary N) is 1. The number of hydrogen-bond donors (Lipinski definition) is 3. The van der Waals surface area contributed by atoms with Gasteiger partial charge in [0, 0.05) is 18.3 Å². The molecular weight excluding hydrogens is 460 g/mol. The van der Waals surface area contributed by atoms with Gasteiger partial charge in [-0.05, 0) is 24.3 Å². The molecule has 2 unspecified atom stereocenters. The summed E-state index contributed by atoms with van der Waals surface area (Å²) in [6.45, 7) is 0. The number of anilines is 3. The fraction of sp³-hybridized carbons (Fsp3) is 0.278. The van der Waals surface area contributed by atoms with Crippen LogP contribution in [0.3, 0.4) is 0 Å². The monoisotopic (exact) mass is 473 g/mol. The summed E-state index contributed by atoms with van der Waals surface area (Å²) < 4.78 is 77.9. The van der Waals surface area contributed by atoms with Crippen LogP contribution in [-0.4, -0.2) is 47.4 Å².